The third-order valence-corrected chi connectivity index (χ3v) is 3.71. The van der Waals surface area contributed by atoms with E-state index in [2.05, 4.69) is 72.2 Å². The first-order chi connectivity index (χ1) is 9.70. The Morgan fingerprint density at radius 2 is 1.75 bits per heavy atom. The Hall–Kier alpha value is -1.28. The smallest absolute Gasteiger partial charge is 0.123 e. The molecule has 20 heavy (non-hydrogen) atoms. The standard InChI is InChI=1S/C18H21BrO/c1-14(2)17-8-3-4-9-18(17)20-13-16-7-5-6-15(12-16)10-11-19/h3-9,12,14H,10-11,13H2,1-2H3. The average molecular weight is 333 g/mol. The molecule has 0 amide bonds. The second-order valence-electron chi connectivity index (χ2n) is 5.24. The van der Waals surface area contributed by atoms with Crippen LogP contribution < -0.4 is 4.74 Å². The monoisotopic (exact) mass is 332 g/mol. The van der Waals surface area contributed by atoms with Crippen molar-refractivity contribution in [3.05, 3.63) is 65.2 Å². The van der Waals surface area contributed by atoms with E-state index in [1.165, 1.54) is 16.7 Å². The molecular formula is C18H21BrO. The van der Waals surface area contributed by atoms with Gasteiger partial charge in [-0.3, -0.25) is 0 Å². The third-order valence-electron chi connectivity index (χ3n) is 3.31. The number of alkyl halides is 1. The van der Waals surface area contributed by atoms with Crippen molar-refractivity contribution in [2.75, 3.05) is 5.33 Å². The highest BCUT2D eigenvalue weighted by molar-refractivity contribution is 9.09. The molecule has 0 aliphatic carbocycles. The van der Waals surface area contributed by atoms with Crippen LogP contribution in [0.5, 0.6) is 5.75 Å². The van der Waals surface area contributed by atoms with Gasteiger partial charge in [0.05, 0.1) is 0 Å². The van der Waals surface area contributed by atoms with Crippen molar-refractivity contribution in [2.45, 2.75) is 32.8 Å². The van der Waals surface area contributed by atoms with Crippen LogP contribution in [0, 0.1) is 0 Å². The van der Waals surface area contributed by atoms with Crippen LogP contribution in [0.25, 0.3) is 0 Å². The van der Waals surface area contributed by atoms with E-state index in [-0.39, 0.29) is 0 Å². The molecule has 2 aromatic rings. The number of ether oxygens (including phenoxy) is 1. The van der Waals surface area contributed by atoms with Crippen molar-refractivity contribution >= 4 is 15.9 Å². The number of aryl methyl sites for hydroxylation is 1. The third kappa shape index (κ3) is 4.11. The zero-order valence-corrected chi connectivity index (χ0v) is 13.7. The van der Waals surface area contributed by atoms with E-state index in [1.807, 2.05) is 6.07 Å². The van der Waals surface area contributed by atoms with E-state index < -0.39 is 0 Å². The predicted molar refractivity (Wildman–Crippen MR) is 88.8 cm³/mol. The second kappa shape index (κ2) is 7.49. The quantitative estimate of drug-likeness (QED) is 0.650. The lowest BCUT2D eigenvalue weighted by Gasteiger charge is -2.14. The molecule has 0 saturated heterocycles. The molecule has 0 unspecified atom stereocenters. The molecule has 1 nitrogen and oxygen atoms in total. The first-order valence-corrected chi connectivity index (χ1v) is 8.18. The molecule has 0 atom stereocenters. The van der Waals surface area contributed by atoms with E-state index in [4.69, 9.17) is 4.74 Å². The fourth-order valence-corrected chi connectivity index (χ4v) is 2.69. The van der Waals surface area contributed by atoms with Gasteiger partial charge in [-0.25, -0.2) is 0 Å². The minimum Gasteiger partial charge on any atom is -0.489 e. The van der Waals surface area contributed by atoms with Crippen LogP contribution in [0.4, 0.5) is 0 Å². The highest BCUT2D eigenvalue weighted by Gasteiger charge is 2.07. The minimum atomic E-state index is 0.478. The Bertz CT molecular complexity index is 549. The number of hydrogen-bond donors (Lipinski definition) is 0. The van der Waals surface area contributed by atoms with Gasteiger partial charge in [-0.05, 0) is 35.1 Å². The molecule has 0 N–H and O–H groups in total. The van der Waals surface area contributed by atoms with Gasteiger partial charge in [0.2, 0.25) is 0 Å². The Morgan fingerprint density at radius 1 is 1.00 bits per heavy atom. The van der Waals surface area contributed by atoms with Crippen LogP contribution in [0.3, 0.4) is 0 Å². The molecule has 0 aliphatic rings. The summed E-state index contributed by atoms with van der Waals surface area (Å²) < 4.78 is 6.01. The van der Waals surface area contributed by atoms with Crippen molar-refractivity contribution in [3.8, 4) is 5.75 Å². The molecule has 0 fully saturated rings. The minimum absolute atomic E-state index is 0.478. The Kier molecular flexibility index (Phi) is 5.66. The zero-order valence-electron chi connectivity index (χ0n) is 12.1. The van der Waals surface area contributed by atoms with Crippen LogP contribution in [-0.2, 0) is 13.0 Å². The maximum Gasteiger partial charge on any atom is 0.123 e. The summed E-state index contributed by atoms with van der Waals surface area (Å²) in [5.74, 6) is 1.47. The van der Waals surface area contributed by atoms with E-state index in [9.17, 15) is 0 Å². The zero-order chi connectivity index (χ0) is 14.4. The second-order valence-corrected chi connectivity index (χ2v) is 6.03. The molecular weight excluding hydrogens is 312 g/mol. The molecule has 0 bridgehead atoms. The molecule has 2 rings (SSSR count). The van der Waals surface area contributed by atoms with Gasteiger partial charge in [-0.15, -0.1) is 0 Å². The number of halogens is 1. The summed E-state index contributed by atoms with van der Waals surface area (Å²) in [4.78, 5) is 0. The first kappa shape index (κ1) is 15.1. The number of hydrogen-bond acceptors (Lipinski definition) is 1. The maximum absolute atomic E-state index is 6.01. The van der Waals surface area contributed by atoms with Gasteiger partial charge < -0.3 is 4.74 Å². The Labute approximate surface area is 130 Å². The van der Waals surface area contributed by atoms with Crippen LogP contribution in [0.1, 0.15) is 36.5 Å². The molecule has 0 heterocycles. The fraction of sp³-hybridized carbons (Fsp3) is 0.333. The first-order valence-electron chi connectivity index (χ1n) is 7.06. The lowest BCUT2D eigenvalue weighted by molar-refractivity contribution is 0.301. The largest absolute Gasteiger partial charge is 0.489 e. The van der Waals surface area contributed by atoms with Crippen molar-refractivity contribution < 1.29 is 4.74 Å². The summed E-state index contributed by atoms with van der Waals surface area (Å²) in [5.41, 5.74) is 3.84. The van der Waals surface area contributed by atoms with Crippen LogP contribution >= 0.6 is 15.9 Å². The van der Waals surface area contributed by atoms with Crippen molar-refractivity contribution in [3.63, 3.8) is 0 Å². The van der Waals surface area contributed by atoms with E-state index in [1.54, 1.807) is 0 Å². The van der Waals surface area contributed by atoms with E-state index in [0.717, 1.165) is 17.5 Å². The number of rotatable bonds is 6. The molecule has 0 saturated carbocycles. The highest BCUT2D eigenvalue weighted by atomic mass is 79.9. The molecule has 2 heteroatoms. The van der Waals surface area contributed by atoms with Gasteiger partial charge in [0.25, 0.3) is 0 Å². The van der Waals surface area contributed by atoms with Crippen LogP contribution in [-0.4, -0.2) is 5.33 Å². The number of para-hydroxylation sites is 1. The van der Waals surface area contributed by atoms with Crippen LogP contribution in [0.15, 0.2) is 48.5 Å². The topological polar surface area (TPSA) is 9.23 Å². The van der Waals surface area contributed by atoms with Crippen molar-refractivity contribution in [1.29, 1.82) is 0 Å². The van der Waals surface area contributed by atoms with Crippen LogP contribution in [0.2, 0.25) is 0 Å². The van der Waals surface area contributed by atoms with Gasteiger partial charge in [0, 0.05) is 5.33 Å². The number of benzene rings is 2. The maximum atomic E-state index is 6.01. The molecule has 0 spiro atoms. The van der Waals surface area contributed by atoms with Gasteiger partial charge in [-0.2, -0.15) is 0 Å². The molecule has 0 radical (unpaired) electrons. The lowest BCUT2D eigenvalue weighted by atomic mass is 10.0. The summed E-state index contributed by atoms with van der Waals surface area (Å²) in [6, 6.07) is 16.9. The predicted octanol–water partition coefficient (Wildman–Crippen LogP) is 5.33. The van der Waals surface area contributed by atoms with Crippen molar-refractivity contribution in [2.24, 2.45) is 0 Å². The molecule has 0 aliphatic heterocycles. The molecule has 2 aromatic carbocycles. The molecule has 106 valence electrons. The summed E-state index contributed by atoms with van der Waals surface area (Å²) in [7, 11) is 0. The van der Waals surface area contributed by atoms with E-state index in [0.29, 0.717) is 12.5 Å². The Balaban J connectivity index is 2.07. The average Bonchev–Trinajstić information content (AvgIpc) is 2.46. The molecule has 0 aromatic heterocycles. The van der Waals surface area contributed by atoms with E-state index >= 15 is 0 Å². The highest BCUT2D eigenvalue weighted by Crippen LogP contribution is 2.26. The van der Waals surface area contributed by atoms with Gasteiger partial charge in [-0.1, -0.05) is 72.2 Å². The van der Waals surface area contributed by atoms with Gasteiger partial charge in [0.15, 0.2) is 0 Å². The fourth-order valence-electron chi connectivity index (χ4n) is 2.23. The lowest BCUT2D eigenvalue weighted by Crippen LogP contribution is -2.00. The van der Waals surface area contributed by atoms with Crippen molar-refractivity contribution in [1.82, 2.24) is 0 Å². The van der Waals surface area contributed by atoms with Gasteiger partial charge in [0.1, 0.15) is 12.4 Å². The normalized spacial score (nSPS) is 10.8. The SMILES string of the molecule is CC(C)c1ccccc1OCc1cccc(CCBr)c1. The summed E-state index contributed by atoms with van der Waals surface area (Å²) in [5, 5.41) is 0.994. The Morgan fingerprint density at radius 3 is 2.50 bits per heavy atom. The summed E-state index contributed by atoms with van der Waals surface area (Å²) in [6.45, 7) is 5.01. The van der Waals surface area contributed by atoms with Gasteiger partial charge >= 0.3 is 0 Å². The summed E-state index contributed by atoms with van der Waals surface area (Å²) >= 11 is 3.48. The summed E-state index contributed by atoms with van der Waals surface area (Å²) in [6.07, 6.45) is 1.05.